The largest absolute Gasteiger partial charge is 0.330 e. The van der Waals surface area contributed by atoms with Crippen LogP contribution in [0.25, 0.3) is 0 Å². The van der Waals surface area contributed by atoms with Crippen LogP contribution in [-0.2, 0) is 10.0 Å². The van der Waals surface area contributed by atoms with Gasteiger partial charge in [0.2, 0.25) is 10.0 Å². The Balaban J connectivity index is 3.52. The highest BCUT2D eigenvalue weighted by Crippen LogP contribution is 1.96. The van der Waals surface area contributed by atoms with Gasteiger partial charge in [-0.25, -0.2) is 13.1 Å². The van der Waals surface area contributed by atoms with Gasteiger partial charge in [0, 0.05) is 6.54 Å². The second kappa shape index (κ2) is 8.52. The van der Waals surface area contributed by atoms with Crippen LogP contribution in [0.3, 0.4) is 0 Å². The Morgan fingerprint density at radius 2 is 2.00 bits per heavy atom. The van der Waals surface area contributed by atoms with Gasteiger partial charge in [-0.3, -0.25) is 0 Å². The van der Waals surface area contributed by atoms with Gasteiger partial charge in [0.1, 0.15) is 0 Å². The van der Waals surface area contributed by atoms with E-state index in [-0.39, 0.29) is 5.75 Å². The highest BCUT2D eigenvalue weighted by molar-refractivity contribution is 7.98. The van der Waals surface area contributed by atoms with E-state index in [2.05, 4.69) is 4.72 Å². The SMILES string of the molecule is CSCCCNS(=O)(=O)CCCCN. The topological polar surface area (TPSA) is 72.2 Å². The Morgan fingerprint density at radius 1 is 1.29 bits per heavy atom. The lowest BCUT2D eigenvalue weighted by molar-refractivity contribution is 0.577. The molecule has 0 aliphatic carbocycles. The maximum Gasteiger partial charge on any atom is 0.211 e. The van der Waals surface area contributed by atoms with Gasteiger partial charge < -0.3 is 5.73 Å². The fourth-order valence-electron chi connectivity index (χ4n) is 0.953. The molecule has 0 aromatic heterocycles. The first-order chi connectivity index (χ1) is 6.62. The predicted octanol–water partition coefficient (Wildman–Crippen LogP) is 0.398. The second-order valence-electron chi connectivity index (χ2n) is 3.06. The number of sulfonamides is 1. The Morgan fingerprint density at radius 3 is 2.57 bits per heavy atom. The van der Waals surface area contributed by atoms with Crippen LogP contribution in [0.4, 0.5) is 0 Å². The molecule has 14 heavy (non-hydrogen) atoms. The molecule has 0 aliphatic heterocycles. The van der Waals surface area contributed by atoms with Gasteiger partial charge in [0.05, 0.1) is 5.75 Å². The standard InChI is InChI=1S/C8H20N2O2S2/c1-13-7-4-6-10-14(11,12)8-3-2-5-9/h10H,2-9H2,1H3. The normalized spacial score (nSPS) is 11.9. The zero-order valence-electron chi connectivity index (χ0n) is 8.66. The maximum absolute atomic E-state index is 11.3. The van der Waals surface area contributed by atoms with Crippen molar-refractivity contribution in [2.45, 2.75) is 19.3 Å². The van der Waals surface area contributed by atoms with E-state index in [0.29, 0.717) is 19.5 Å². The Kier molecular flexibility index (Phi) is 8.66. The molecule has 0 saturated carbocycles. The van der Waals surface area contributed by atoms with Gasteiger partial charge in [-0.05, 0) is 37.8 Å². The minimum atomic E-state index is -3.05. The first-order valence-corrected chi connectivity index (χ1v) is 7.83. The maximum atomic E-state index is 11.3. The van der Waals surface area contributed by atoms with E-state index in [4.69, 9.17) is 5.73 Å². The molecule has 0 aliphatic rings. The molecule has 0 bridgehead atoms. The molecule has 0 fully saturated rings. The molecule has 0 unspecified atom stereocenters. The first-order valence-electron chi connectivity index (χ1n) is 4.78. The molecule has 0 saturated heterocycles. The van der Waals surface area contributed by atoms with Crippen LogP contribution in [0.2, 0.25) is 0 Å². The van der Waals surface area contributed by atoms with Gasteiger partial charge in [0.15, 0.2) is 0 Å². The van der Waals surface area contributed by atoms with Gasteiger partial charge in [-0.2, -0.15) is 11.8 Å². The lowest BCUT2D eigenvalue weighted by Gasteiger charge is -2.05. The number of hydrogen-bond acceptors (Lipinski definition) is 4. The summed E-state index contributed by atoms with van der Waals surface area (Å²) in [5.74, 6) is 1.19. The van der Waals surface area contributed by atoms with Crippen molar-refractivity contribution in [2.24, 2.45) is 5.73 Å². The molecule has 0 spiro atoms. The summed E-state index contributed by atoms with van der Waals surface area (Å²) in [6, 6.07) is 0. The van der Waals surface area contributed by atoms with Gasteiger partial charge in [-0.15, -0.1) is 0 Å². The number of unbranched alkanes of at least 4 members (excludes halogenated alkanes) is 1. The number of hydrogen-bond donors (Lipinski definition) is 2. The van der Waals surface area contributed by atoms with Crippen molar-refractivity contribution in [3.63, 3.8) is 0 Å². The van der Waals surface area contributed by atoms with Crippen molar-refractivity contribution >= 4 is 21.8 Å². The van der Waals surface area contributed by atoms with E-state index < -0.39 is 10.0 Å². The summed E-state index contributed by atoms with van der Waals surface area (Å²) < 4.78 is 25.2. The molecule has 6 heteroatoms. The fraction of sp³-hybridized carbons (Fsp3) is 1.00. The quantitative estimate of drug-likeness (QED) is 0.572. The molecule has 0 amide bonds. The third kappa shape index (κ3) is 8.80. The van der Waals surface area contributed by atoms with Crippen molar-refractivity contribution in [1.82, 2.24) is 4.72 Å². The van der Waals surface area contributed by atoms with Crippen LogP contribution < -0.4 is 10.5 Å². The summed E-state index contributed by atoms with van der Waals surface area (Å²) in [5, 5.41) is 0. The van der Waals surface area contributed by atoms with Crippen LogP contribution in [0, 0.1) is 0 Å². The van der Waals surface area contributed by atoms with Crippen molar-refractivity contribution in [3.8, 4) is 0 Å². The van der Waals surface area contributed by atoms with Crippen LogP contribution in [0.1, 0.15) is 19.3 Å². The van der Waals surface area contributed by atoms with Crippen LogP contribution in [0.5, 0.6) is 0 Å². The Hall–Kier alpha value is 0.220. The van der Waals surface area contributed by atoms with Crippen molar-refractivity contribution in [3.05, 3.63) is 0 Å². The highest BCUT2D eigenvalue weighted by Gasteiger charge is 2.07. The molecule has 0 aromatic rings. The molecule has 0 heterocycles. The summed E-state index contributed by atoms with van der Waals surface area (Å²) in [7, 11) is -3.05. The zero-order valence-corrected chi connectivity index (χ0v) is 10.3. The monoisotopic (exact) mass is 240 g/mol. The van der Waals surface area contributed by atoms with E-state index >= 15 is 0 Å². The summed E-state index contributed by atoms with van der Waals surface area (Å²) in [6.45, 7) is 1.10. The summed E-state index contributed by atoms with van der Waals surface area (Å²) in [6.07, 6.45) is 4.31. The lowest BCUT2D eigenvalue weighted by Crippen LogP contribution is -2.27. The predicted molar refractivity (Wildman–Crippen MR) is 63.1 cm³/mol. The van der Waals surface area contributed by atoms with Gasteiger partial charge in [-0.1, -0.05) is 0 Å². The molecule has 4 nitrogen and oxygen atoms in total. The highest BCUT2D eigenvalue weighted by atomic mass is 32.2. The fourth-order valence-corrected chi connectivity index (χ4v) is 2.57. The molecule has 0 aromatic carbocycles. The molecule has 0 rings (SSSR count). The smallest absolute Gasteiger partial charge is 0.211 e. The first kappa shape index (κ1) is 14.2. The second-order valence-corrected chi connectivity index (χ2v) is 5.97. The molecular formula is C8H20N2O2S2. The van der Waals surface area contributed by atoms with E-state index in [9.17, 15) is 8.42 Å². The Bertz CT molecular complexity index is 217. The summed E-state index contributed by atoms with van der Waals surface area (Å²) in [4.78, 5) is 0. The van der Waals surface area contributed by atoms with E-state index in [0.717, 1.165) is 18.6 Å². The third-order valence-corrected chi connectivity index (χ3v) is 3.88. The molecule has 0 atom stereocenters. The molecular weight excluding hydrogens is 220 g/mol. The minimum Gasteiger partial charge on any atom is -0.330 e. The third-order valence-electron chi connectivity index (χ3n) is 1.71. The summed E-state index contributed by atoms with van der Waals surface area (Å²) >= 11 is 1.72. The van der Waals surface area contributed by atoms with E-state index in [1.807, 2.05) is 6.26 Å². The van der Waals surface area contributed by atoms with Crippen LogP contribution in [0.15, 0.2) is 0 Å². The van der Waals surface area contributed by atoms with Crippen molar-refractivity contribution in [2.75, 3.05) is 30.9 Å². The number of thioether (sulfide) groups is 1. The van der Waals surface area contributed by atoms with Crippen molar-refractivity contribution < 1.29 is 8.42 Å². The molecule has 86 valence electrons. The average Bonchev–Trinajstić information content (AvgIpc) is 2.13. The molecule has 0 radical (unpaired) electrons. The number of rotatable bonds is 9. The minimum absolute atomic E-state index is 0.198. The van der Waals surface area contributed by atoms with E-state index in [1.165, 1.54) is 0 Å². The zero-order chi connectivity index (χ0) is 10.9. The number of nitrogens with one attached hydrogen (secondary N) is 1. The lowest BCUT2D eigenvalue weighted by atomic mass is 10.3. The Labute approximate surface area is 91.1 Å². The number of nitrogens with two attached hydrogens (primary N) is 1. The van der Waals surface area contributed by atoms with Gasteiger partial charge >= 0.3 is 0 Å². The van der Waals surface area contributed by atoms with Crippen molar-refractivity contribution in [1.29, 1.82) is 0 Å². The average molecular weight is 240 g/mol. The summed E-state index contributed by atoms with van der Waals surface area (Å²) in [5.41, 5.74) is 5.28. The van der Waals surface area contributed by atoms with Crippen LogP contribution in [-0.4, -0.2) is 39.3 Å². The molecule has 3 N–H and O–H groups in total. The van der Waals surface area contributed by atoms with Gasteiger partial charge in [0.25, 0.3) is 0 Å². The van der Waals surface area contributed by atoms with E-state index in [1.54, 1.807) is 11.8 Å². The van der Waals surface area contributed by atoms with Crippen LogP contribution >= 0.6 is 11.8 Å².